The number of allylic oxidation sites excluding steroid dienone is 1. The van der Waals surface area contributed by atoms with Crippen LogP contribution in [0.15, 0.2) is 16.5 Å². The van der Waals surface area contributed by atoms with E-state index in [9.17, 15) is 18.7 Å². The van der Waals surface area contributed by atoms with Gasteiger partial charge in [0.15, 0.2) is 0 Å². The first-order valence-electron chi connectivity index (χ1n) is 15.7. The molecule has 0 heterocycles. The number of aliphatic hydroxyl groups excluding tert-OH is 1. The smallest absolute Gasteiger partial charge is 0.250 e. The van der Waals surface area contributed by atoms with Crippen molar-refractivity contribution in [2.24, 2.45) is 28.6 Å². The Kier molecular flexibility index (Phi) is 7.70. The van der Waals surface area contributed by atoms with Crippen molar-refractivity contribution in [2.75, 3.05) is 0 Å². The summed E-state index contributed by atoms with van der Waals surface area (Å²) in [6.07, 6.45) is 7.79. The molecule has 41 heavy (non-hydrogen) atoms. The van der Waals surface area contributed by atoms with Gasteiger partial charge in [0.25, 0.3) is 8.32 Å². The topological polar surface area (TPSA) is 86.7 Å². The van der Waals surface area contributed by atoms with Crippen LogP contribution in [0.1, 0.15) is 108 Å². The number of aliphatic hydroxyl groups is 1. The van der Waals surface area contributed by atoms with Crippen molar-refractivity contribution in [3.63, 3.8) is 0 Å². The molecule has 0 aromatic heterocycles. The average molecular weight is 600 g/mol. The number of carbonyl (C=O) groups excluding carboxylic acids is 1. The molecule has 228 valence electrons. The van der Waals surface area contributed by atoms with E-state index in [1.807, 2.05) is 13.8 Å². The molecule has 3 fully saturated rings. The first kappa shape index (κ1) is 31.2. The fourth-order valence-electron chi connectivity index (χ4n) is 9.45. The van der Waals surface area contributed by atoms with Crippen molar-refractivity contribution >= 4 is 25.2 Å². The number of benzene rings is 1. The van der Waals surface area contributed by atoms with Crippen LogP contribution in [0.5, 0.6) is 5.75 Å². The summed E-state index contributed by atoms with van der Waals surface area (Å²) in [5, 5.41) is 11.2. The molecule has 0 bridgehead atoms. The number of ketones is 1. The van der Waals surface area contributed by atoms with Gasteiger partial charge in [0.1, 0.15) is 11.5 Å². The maximum atomic E-state index is 13.0. The number of hydrogen-bond acceptors (Lipinski definition) is 5. The van der Waals surface area contributed by atoms with Gasteiger partial charge in [-0.25, -0.2) is 0 Å². The summed E-state index contributed by atoms with van der Waals surface area (Å²) in [5.41, 5.74) is 4.47. The second-order valence-electron chi connectivity index (χ2n) is 15.7. The van der Waals surface area contributed by atoms with Gasteiger partial charge < -0.3 is 14.1 Å². The van der Waals surface area contributed by atoms with Crippen LogP contribution in [0.2, 0.25) is 18.1 Å². The minimum Gasteiger partial charge on any atom is -0.768 e. The van der Waals surface area contributed by atoms with Gasteiger partial charge in [-0.2, -0.15) is 0 Å². The molecule has 5 nitrogen and oxygen atoms in total. The van der Waals surface area contributed by atoms with Gasteiger partial charge in [0, 0.05) is 22.3 Å². The summed E-state index contributed by atoms with van der Waals surface area (Å²) in [4.78, 5) is 13.4. The van der Waals surface area contributed by atoms with E-state index < -0.39 is 25.5 Å². The average Bonchev–Trinajstić information content (AvgIpc) is 3.16. The Morgan fingerprint density at radius 1 is 1.07 bits per heavy atom. The van der Waals surface area contributed by atoms with Crippen molar-refractivity contribution < 1.29 is 23.1 Å². The Labute approximate surface area is 251 Å². The van der Waals surface area contributed by atoms with Gasteiger partial charge in [0.2, 0.25) is 0 Å². The highest BCUT2D eigenvalue weighted by Gasteiger charge is 2.61. The van der Waals surface area contributed by atoms with Crippen LogP contribution in [0.25, 0.3) is 0 Å². The van der Waals surface area contributed by atoms with Crippen LogP contribution < -0.4 is 4.43 Å². The minimum absolute atomic E-state index is 0.0311. The lowest BCUT2D eigenvalue weighted by Gasteiger charge is -2.60. The van der Waals surface area contributed by atoms with E-state index in [2.05, 4.69) is 60.7 Å². The lowest BCUT2D eigenvalue weighted by atomic mass is 9.44. The van der Waals surface area contributed by atoms with Gasteiger partial charge in [-0.1, -0.05) is 46.3 Å². The van der Waals surface area contributed by atoms with Crippen molar-refractivity contribution in [1.82, 2.24) is 0 Å². The normalized spacial score (nSPS) is 36.2. The van der Waals surface area contributed by atoms with E-state index in [4.69, 9.17) is 4.43 Å². The second-order valence-corrected chi connectivity index (χ2v) is 21.3. The van der Waals surface area contributed by atoms with Crippen LogP contribution in [0.4, 0.5) is 0 Å². The van der Waals surface area contributed by atoms with Crippen molar-refractivity contribution in [2.45, 2.75) is 135 Å². The van der Waals surface area contributed by atoms with Crippen molar-refractivity contribution in [3.8, 4) is 5.75 Å². The SMILES string of the molecule is Cc1c(O[Si](C)(C)C(C)(C)C)c(C)c(S(=O)[O-])c(C)c1C1C[C@H](O)CC2=CC[C@H]3[C@@H]4CCC(=O)[C@@]4(C)CC[C@@H]3[C@]21C. The number of fused-ring (bicyclic) bond motifs is 5. The summed E-state index contributed by atoms with van der Waals surface area (Å²) in [5.74, 6) is 2.37. The first-order valence-corrected chi connectivity index (χ1v) is 19.7. The largest absolute Gasteiger partial charge is 0.768 e. The van der Waals surface area contributed by atoms with Gasteiger partial charge in [-0.15, -0.1) is 0 Å². The van der Waals surface area contributed by atoms with E-state index in [0.29, 0.717) is 53.3 Å². The maximum absolute atomic E-state index is 13.0. The molecule has 0 spiro atoms. The predicted octanol–water partition coefficient (Wildman–Crippen LogP) is 7.82. The van der Waals surface area contributed by atoms with Gasteiger partial charge >= 0.3 is 0 Å². The van der Waals surface area contributed by atoms with Crippen molar-refractivity contribution in [1.29, 1.82) is 0 Å². The molecule has 8 atom stereocenters. The summed E-state index contributed by atoms with van der Waals surface area (Å²) in [6.45, 7) is 21.6. The second kappa shape index (κ2) is 10.1. The molecule has 3 saturated carbocycles. The zero-order valence-corrected chi connectivity index (χ0v) is 28.7. The molecule has 5 rings (SSSR count). The molecule has 2 unspecified atom stereocenters. The predicted molar refractivity (Wildman–Crippen MR) is 167 cm³/mol. The van der Waals surface area contributed by atoms with E-state index in [0.717, 1.165) is 48.1 Å². The molecule has 1 N–H and O–H groups in total. The number of rotatable bonds is 4. The van der Waals surface area contributed by atoms with E-state index >= 15 is 0 Å². The first-order chi connectivity index (χ1) is 18.9. The maximum Gasteiger partial charge on any atom is 0.250 e. The highest BCUT2D eigenvalue weighted by atomic mass is 32.2. The van der Waals surface area contributed by atoms with E-state index in [1.54, 1.807) is 0 Å². The highest BCUT2D eigenvalue weighted by Crippen LogP contribution is 2.67. The molecule has 1 aromatic carbocycles. The monoisotopic (exact) mass is 599 g/mol. The number of Topliss-reactive ketones (excluding diaryl/α,β-unsaturated/α-hetero) is 1. The third kappa shape index (κ3) is 4.58. The molecular formula is C34H51O5SSi-. The Balaban J connectivity index is 1.70. The zero-order chi connectivity index (χ0) is 30.4. The minimum atomic E-state index is -2.42. The van der Waals surface area contributed by atoms with Crippen LogP contribution in [-0.2, 0) is 15.9 Å². The number of hydrogen-bond donors (Lipinski definition) is 1. The number of carbonyl (C=O) groups is 1. The Bertz CT molecular complexity index is 1330. The molecule has 0 aliphatic heterocycles. The quantitative estimate of drug-likeness (QED) is 0.217. The molecule has 4 aliphatic carbocycles. The summed E-state index contributed by atoms with van der Waals surface area (Å²) in [6, 6.07) is 0. The fourth-order valence-corrected chi connectivity index (χ4v) is 11.3. The van der Waals surface area contributed by atoms with Gasteiger partial charge in [-0.05, 0) is 134 Å². The standard InChI is InChI=1S/C34H52O5SSi/c1-19-29(20(2)31(40(37)38)21(3)30(19)39-41(9,10)32(4,5)6)27-18-23(35)17-22-11-12-24-25-13-14-28(36)33(25,7)16-15-26(24)34(22,27)8/h11,23-27,35H,12-18H2,1-10H3,(H,37,38)/p-1/t23-,24+,25+,26+,27?,33+,34+/m1/s1. The third-order valence-electron chi connectivity index (χ3n) is 12.8. The Hall–Kier alpha value is -1.28. The van der Waals surface area contributed by atoms with E-state index in [-0.39, 0.29) is 21.8 Å². The summed E-state index contributed by atoms with van der Waals surface area (Å²) in [7, 11) is -2.27. The molecule has 4 aliphatic rings. The highest BCUT2D eigenvalue weighted by molar-refractivity contribution is 7.79. The Morgan fingerprint density at radius 2 is 1.73 bits per heavy atom. The summed E-state index contributed by atoms with van der Waals surface area (Å²) >= 11 is -2.42. The summed E-state index contributed by atoms with van der Waals surface area (Å²) < 4.78 is 32.6. The van der Waals surface area contributed by atoms with Crippen LogP contribution in [0.3, 0.4) is 0 Å². The molecule has 1 aromatic rings. The molecule has 0 amide bonds. The lowest BCUT2D eigenvalue weighted by molar-refractivity contribution is -0.132. The molecule has 0 saturated heterocycles. The third-order valence-corrected chi connectivity index (χ3v) is 18.1. The molecule has 0 radical (unpaired) electrons. The van der Waals surface area contributed by atoms with E-state index in [1.165, 1.54) is 5.57 Å². The van der Waals surface area contributed by atoms with Gasteiger partial charge in [0.05, 0.1) is 6.10 Å². The van der Waals surface area contributed by atoms with Gasteiger partial charge in [-0.3, -0.25) is 9.00 Å². The van der Waals surface area contributed by atoms with Crippen LogP contribution in [-0.4, -0.2) is 34.1 Å². The molecule has 7 heteroatoms. The lowest BCUT2D eigenvalue weighted by Crippen LogP contribution is -2.53. The van der Waals surface area contributed by atoms with Crippen molar-refractivity contribution in [3.05, 3.63) is 33.9 Å². The van der Waals surface area contributed by atoms with Crippen LogP contribution >= 0.6 is 0 Å². The zero-order valence-electron chi connectivity index (χ0n) is 26.9. The Morgan fingerprint density at radius 3 is 2.34 bits per heavy atom. The fraction of sp³-hybridized carbons (Fsp3) is 0.735. The molecular weight excluding hydrogens is 549 g/mol. The van der Waals surface area contributed by atoms with Crippen LogP contribution in [0, 0.1) is 49.4 Å².